The molecule has 0 aliphatic heterocycles. The molecule has 0 radical (unpaired) electrons. The fourth-order valence-corrected chi connectivity index (χ4v) is 3.83. The second-order valence-electron chi connectivity index (χ2n) is 5.90. The summed E-state index contributed by atoms with van der Waals surface area (Å²) in [7, 11) is -4.12. The van der Waals surface area contributed by atoms with E-state index in [1.807, 2.05) is 0 Å². The van der Waals surface area contributed by atoms with Crippen molar-refractivity contribution < 1.29 is 21.6 Å². The van der Waals surface area contributed by atoms with Gasteiger partial charge < -0.3 is 0 Å². The predicted octanol–water partition coefficient (Wildman–Crippen LogP) is 4.90. The van der Waals surface area contributed by atoms with E-state index in [1.54, 1.807) is 42.7 Å². The minimum atomic E-state index is -4.62. The largest absolute Gasteiger partial charge is 0.416 e. The van der Waals surface area contributed by atoms with Gasteiger partial charge in [-0.2, -0.15) is 13.2 Å². The van der Waals surface area contributed by atoms with Crippen molar-refractivity contribution >= 4 is 21.6 Å². The van der Waals surface area contributed by atoms with E-state index < -0.39 is 26.7 Å². The van der Waals surface area contributed by atoms with Crippen molar-refractivity contribution in [2.45, 2.75) is 17.6 Å². The number of sulfonamides is 1. The Bertz CT molecular complexity index is 1090. The summed E-state index contributed by atoms with van der Waals surface area (Å²) < 4.78 is 65.6. The van der Waals surface area contributed by atoms with Crippen LogP contribution in [0.1, 0.15) is 11.1 Å². The van der Waals surface area contributed by atoms with Crippen LogP contribution in [0.25, 0.3) is 11.1 Å². The van der Waals surface area contributed by atoms with Gasteiger partial charge in [0, 0.05) is 29.5 Å². The maximum absolute atomic E-state index is 12.8. The Labute approximate surface area is 165 Å². The normalized spacial score (nSPS) is 12.1. The van der Waals surface area contributed by atoms with Gasteiger partial charge in [0.2, 0.25) is 10.0 Å². The Kier molecular flexibility index (Phi) is 5.74. The molecule has 146 valence electrons. The highest BCUT2D eigenvalue weighted by molar-refractivity contribution is 7.89. The molecule has 1 aromatic heterocycles. The number of alkyl halides is 3. The van der Waals surface area contributed by atoms with Gasteiger partial charge in [-0.25, -0.2) is 13.1 Å². The molecular weight excluding hydrogens is 413 g/mol. The molecule has 3 aromatic rings. The second kappa shape index (κ2) is 7.90. The number of benzene rings is 2. The molecule has 0 spiro atoms. The van der Waals surface area contributed by atoms with Gasteiger partial charge in [-0.1, -0.05) is 23.7 Å². The Morgan fingerprint density at radius 1 is 1.00 bits per heavy atom. The summed E-state index contributed by atoms with van der Waals surface area (Å²) in [5.41, 5.74) is 1.08. The number of pyridine rings is 1. The van der Waals surface area contributed by atoms with Crippen LogP contribution in [0.2, 0.25) is 5.02 Å². The van der Waals surface area contributed by atoms with E-state index >= 15 is 0 Å². The summed E-state index contributed by atoms with van der Waals surface area (Å²) >= 11 is 6.21. The molecule has 0 aliphatic rings. The average Bonchev–Trinajstić information content (AvgIpc) is 2.67. The maximum Gasteiger partial charge on any atom is 0.416 e. The van der Waals surface area contributed by atoms with Crippen molar-refractivity contribution in [1.29, 1.82) is 0 Å². The average molecular weight is 427 g/mol. The van der Waals surface area contributed by atoms with Gasteiger partial charge in [0.15, 0.2) is 0 Å². The molecule has 0 bridgehead atoms. The molecule has 0 saturated heterocycles. The molecular formula is C19H14ClF3N2O2S. The zero-order chi connectivity index (χ0) is 20.4. The predicted molar refractivity (Wildman–Crippen MR) is 100 cm³/mol. The summed E-state index contributed by atoms with van der Waals surface area (Å²) in [6.07, 6.45) is -1.41. The number of rotatable bonds is 5. The quantitative estimate of drug-likeness (QED) is 0.631. The molecule has 9 heteroatoms. The van der Waals surface area contributed by atoms with Crippen LogP contribution < -0.4 is 4.72 Å². The van der Waals surface area contributed by atoms with E-state index in [2.05, 4.69) is 9.71 Å². The lowest BCUT2D eigenvalue weighted by Gasteiger charge is -2.11. The molecule has 0 saturated carbocycles. The van der Waals surface area contributed by atoms with Gasteiger partial charge in [-0.3, -0.25) is 4.98 Å². The minimum absolute atomic E-state index is 0.103. The first-order chi connectivity index (χ1) is 13.2. The monoisotopic (exact) mass is 426 g/mol. The van der Waals surface area contributed by atoms with Crippen molar-refractivity contribution in [1.82, 2.24) is 9.71 Å². The number of hydrogen-bond acceptors (Lipinski definition) is 3. The van der Waals surface area contributed by atoms with Gasteiger partial charge in [0.25, 0.3) is 0 Å². The molecule has 1 N–H and O–H groups in total. The molecule has 0 fully saturated rings. The summed E-state index contributed by atoms with van der Waals surface area (Å²) in [6, 6.07) is 12.1. The molecule has 0 atom stereocenters. The van der Waals surface area contributed by atoms with Crippen LogP contribution in [0.3, 0.4) is 0 Å². The van der Waals surface area contributed by atoms with Gasteiger partial charge in [0.1, 0.15) is 0 Å². The van der Waals surface area contributed by atoms with Crippen LogP contribution >= 0.6 is 11.6 Å². The van der Waals surface area contributed by atoms with Crippen LogP contribution in [0, 0.1) is 0 Å². The summed E-state index contributed by atoms with van der Waals surface area (Å²) in [6.45, 7) is -0.103. The molecule has 0 amide bonds. The molecule has 0 unspecified atom stereocenters. The topological polar surface area (TPSA) is 59.1 Å². The fraction of sp³-hybridized carbons (Fsp3) is 0.105. The Hall–Kier alpha value is -2.42. The van der Waals surface area contributed by atoms with E-state index in [0.29, 0.717) is 22.2 Å². The molecule has 28 heavy (non-hydrogen) atoms. The van der Waals surface area contributed by atoms with Crippen LogP contribution in [-0.2, 0) is 22.7 Å². The highest BCUT2D eigenvalue weighted by atomic mass is 35.5. The summed E-state index contributed by atoms with van der Waals surface area (Å²) in [5.74, 6) is 0. The smallest absolute Gasteiger partial charge is 0.265 e. The van der Waals surface area contributed by atoms with E-state index in [0.717, 1.165) is 23.8 Å². The minimum Gasteiger partial charge on any atom is -0.265 e. The molecule has 3 rings (SSSR count). The van der Waals surface area contributed by atoms with Crippen molar-refractivity contribution in [2.24, 2.45) is 0 Å². The third-order valence-corrected chi connectivity index (χ3v) is 5.69. The van der Waals surface area contributed by atoms with Gasteiger partial charge in [0.05, 0.1) is 10.5 Å². The number of hydrogen-bond donors (Lipinski definition) is 1. The van der Waals surface area contributed by atoms with Crippen molar-refractivity contribution in [2.75, 3.05) is 0 Å². The SMILES string of the molecule is O=S(=O)(NCc1ccc(Cl)c(-c2ccncc2)c1)c1cccc(C(F)(F)F)c1. The lowest BCUT2D eigenvalue weighted by molar-refractivity contribution is -0.137. The Balaban J connectivity index is 1.82. The zero-order valence-corrected chi connectivity index (χ0v) is 15.8. The number of halogens is 4. The van der Waals surface area contributed by atoms with Crippen LogP contribution in [0.5, 0.6) is 0 Å². The van der Waals surface area contributed by atoms with Crippen LogP contribution in [0.4, 0.5) is 13.2 Å². The third kappa shape index (κ3) is 4.70. The standard InChI is InChI=1S/C19H14ClF3N2O2S/c20-18-5-4-13(10-17(18)14-6-8-24-9-7-14)12-25-28(26,27)16-3-1-2-15(11-16)19(21,22)23/h1-11,25H,12H2. The lowest BCUT2D eigenvalue weighted by atomic mass is 10.0. The molecule has 4 nitrogen and oxygen atoms in total. The summed E-state index contributed by atoms with van der Waals surface area (Å²) in [4.78, 5) is 3.48. The van der Waals surface area contributed by atoms with Gasteiger partial charge >= 0.3 is 6.18 Å². The van der Waals surface area contributed by atoms with Gasteiger partial charge in [-0.15, -0.1) is 0 Å². The number of nitrogens with one attached hydrogen (secondary N) is 1. The van der Waals surface area contributed by atoms with Crippen LogP contribution in [0.15, 0.2) is 71.9 Å². The second-order valence-corrected chi connectivity index (χ2v) is 8.07. The maximum atomic E-state index is 12.8. The first-order valence-corrected chi connectivity index (χ1v) is 9.89. The third-order valence-electron chi connectivity index (χ3n) is 3.96. The molecule has 0 aliphatic carbocycles. The first kappa shape index (κ1) is 20.3. The van der Waals surface area contributed by atoms with Crippen molar-refractivity contribution in [3.8, 4) is 11.1 Å². The van der Waals surface area contributed by atoms with Crippen molar-refractivity contribution in [3.63, 3.8) is 0 Å². The van der Waals surface area contributed by atoms with Gasteiger partial charge in [-0.05, 0) is 53.6 Å². The van der Waals surface area contributed by atoms with E-state index in [9.17, 15) is 21.6 Å². The highest BCUT2D eigenvalue weighted by Gasteiger charge is 2.31. The number of aromatic nitrogens is 1. The Morgan fingerprint density at radius 2 is 1.71 bits per heavy atom. The first-order valence-electron chi connectivity index (χ1n) is 8.02. The molecule has 2 aromatic carbocycles. The summed E-state index contributed by atoms with van der Waals surface area (Å²) in [5, 5.41) is 0.482. The fourth-order valence-electron chi connectivity index (χ4n) is 2.54. The van der Waals surface area contributed by atoms with E-state index in [4.69, 9.17) is 11.6 Å². The zero-order valence-electron chi connectivity index (χ0n) is 14.2. The lowest BCUT2D eigenvalue weighted by Crippen LogP contribution is -2.23. The van der Waals surface area contributed by atoms with Crippen molar-refractivity contribution in [3.05, 3.63) is 83.1 Å². The number of nitrogens with zero attached hydrogens (tertiary/aromatic N) is 1. The highest BCUT2D eigenvalue weighted by Crippen LogP contribution is 2.31. The molecule has 1 heterocycles. The Morgan fingerprint density at radius 3 is 2.39 bits per heavy atom. The van der Waals surface area contributed by atoms with Crippen LogP contribution in [-0.4, -0.2) is 13.4 Å². The van der Waals surface area contributed by atoms with E-state index in [-0.39, 0.29) is 6.54 Å². The van der Waals surface area contributed by atoms with E-state index in [1.165, 1.54) is 0 Å².